The van der Waals surface area contributed by atoms with Crippen LogP contribution in [0.3, 0.4) is 0 Å². The van der Waals surface area contributed by atoms with Crippen LogP contribution in [0, 0.1) is 12.7 Å². The van der Waals surface area contributed by atoms with Crippen LogP contribution in [-0.2, 0) is 6.61 Å². The largest absolute Gasteiger partial charge is 0.472 e. The van der Waals surface area contributed by atoms with Crippen LogP contribution in [0.1, 0.15) is 21.5 Å². The highest BCUT2D eigenvalue weighted by Gasteiger charge is 2.09. The predicted molar refractivity (Wildman–Crippen MR) is 120 cm³/mol. The monoisotopic (exact) mass is 429 g/mol. The van der Waals surface area contributed by atoms with Crippen LogP contribution in [-0.4, -0.2) is 15.7 Å². The van der Waals surface area contributed by atoms with Crippen LogP contribution < -0.4 is 15.6 Å². The van der Waals surface area contributed by atoms with Gasteiger partial charge in [0, 0.05) is 23.4 Å². The molecule has 0 radical (unpaired) electrons. The third-order valence-electron chi connectivity index (χ3n) is 4.70. The molecule has 1 heterocycles. The molecular weight excluding hydrogens is 409 g/mol. The van der Waals surface area contributed by atoms with Crippen molar-refractivity contribution in [1.29, 1.82) is 0 Å². The topological polar surface area (TPSA) is 73.2 Å². The number of halogens is 1. The molecule has 0 atom stereocenters. The smallest absolute Gasteiger partial charge is 0.271 e. The number of amides is 1. The summed E-state index contributed by atoms with van der Waals surface area (Å²) in [5.41, 5.74) is 2.98. The fourth-order valence-corrected chi connectivity index (χ4v) is 3.12. The summed E-state index contributed by atoms with van der Waals surface area (Å²) in [6.45, 7) is 2.06. The lowest BCUT2D eigenvalue weighted by Crippen LogP contribution is -2.20. The van der Waals surface area contributed by atoms with Crippen molar-refractivity contribution in [2.75, 3.05) is 5.32 Å². The van der Waals surface area contributed by atoms with Gasteiger partial charge in [0.15, 0.2) is 0 Å². The first kappa shape index (κ1) is 21.0. The molecule has 0 bridgehead atoms. The lowest BCUT2D eigenvalue weighted by Gasteiger charge is -2.10. The summed E-state index contributed by atoms with van der Waals surface area (Å²) in [5, 5.41) is 7.06. The van der Waals surface area contributed by atoms with Gasteiger partial charge in [-0.05, 0) is 66.6 Å². The molecule has 0 spiro atoms. The van der Waals surface area contributed by atoms with E-state index in [1.807, 2.05) is 31.2 Å². The van der Waals surface area contributed by atoms with E-state index < -0.39 is 0 Å². The van der Waals surface area contributed by atoms with Crippen molar-refractivity contribution in [2.24, 2.45) is 0 Å². The lowest BCUT2D eigenvalue weighted by atomic mass is 10.1. The molecule has 0 aliphatic rings. The lowest BCUT2D eigenvalue weighted by molar-refractivity contribution is 0.102. The molecule has 7 heteroatoms. The van der Waals surface area contributed by atoms with Gasteiger partial charge < -0.3 is 10.1 Å². The summed E-state index contributed by atoms with van der Waals surface area (Å²) in [6.07, 6.45) is 0. The fourth-order valence-electron chi connectivity index (χ4n) is 3.12. The van der Waals surface area contributed by atoms with E-state index in [0.29, 0.717) is 22.5 Å². The van der Waals surface area contributed by atoms with Crippen LogP contribution in [0.2, 0.25) is 0 Å². The Morgan fingerprint density at radius 3 is 2.53 bits per heavy atom. The van der Waals surface area contributed by atoms with Crippen molar-refractivity contribution < 1.29 is 13.9 Å². The van der Waals surface area contributed by atoms with Gasteiger partial charge in [-0.3, -0.25) is 9.59 Å². The van der Waals surface area contributed by atoms with Gasteiger partial charge in [0.05, 0.1) is 5.69 Å². The van der Waals surface area contributed by atoms with Crippen molar-refractivity contribution in [3.05, 3.63) is 118 Å². The van der Waals surface area contributed by atoms with E-state index in [2.05, 4.69) is 10.4 Å². The van der Waals surface area contributed by atoms with E-state index in [0.717, 1.165) is 5.56 Å². The first-order chi connectivity index (χ1) is 15.5. The third kappa shape index (κ3) is 5.07. The quantitative estimate of drug-likeness (QED) is 0.489. The van der Waals surface area contributed by atoms with Gasteiger partial charge in [0.2, 0.25) is 5.88 Å². The van der Waals surface area contributed by atoms with Crippen molar-refractivity contribution in [2.45, 2.75) is 13.5 Å². The number of carbonyl (C=O) groups excluding carboxylic acids is 1. The number of rotatable bonds is 6. The number of carbonyl (C=O) groups is 1. The number of ether oxygens (including phenoxy) is 1. The molecule has 160 valence electrons. The minimum Gasteiger partial charge on any atom is -0.472 e. The van der Waals surface area contributed by atoms with Gasteiger partial charge in [0.1, 0.15) is 12.4 Å². The first-order valence-corrected chi connectivity index (χ1v) is 9.94. The summed E-state index contributed by atoms with van der Waals surface area (Å²) in [4.78, 5) is 24.8. The standard InChI is InChI=1S/C25H20FN3O3/c1-17-4-2-7-21(14-17)27-25(31)19-8-10-22(11-9-19)29-24(30)13-12-23(28-29)32-16-18-5-3-6-20(26)15-18/h2-15H,16H2,1H3,(H,27,31). The van der Waals surface area contributed by atoms with Crippen molar-refractivity contribution in [3.8, 4) is 11.6 Å². The van der Waals surface area contributed by atoms with Gasteiger partial charge >= 0.3 is 0 Å². The molecule has 6 nitrogen and oxygen atoms in total. The highest BCUT2D eigenvalue weighted by atomic mass is 19.1. The average Bonchev–Trinajstić information content (AvgIpc) is 2.79. The third-order valence-corrected chi connectivity index (χ3v) is 4.70. The predicted octanol–water partition coefficient (Wildman–Crippen LogP) is 4.51. The number of nitrogens with zero attached hydrogens (tertiary/aromatic N) is 2. The maximum absolute atomic E-state index is 13.3. The summed E-state index contributed by atoms with van der Waals surface area (Å²) in [6, 6.07) is 22.9. The van der Waals surface area contributed by atoms with E-state index in [9.17, 15) is 14.0 Å². The Morgan fingerprint density at radius 1 is 1.00 bits per heavy atom. The molecule has 1 amide bonds. The minimum absolute atomic E-state index is 0.112. The van der Waals surface area contributed by atoms with Crippen molar-refractivity contribution >= 4 is 11.6 Å². The van der Waals surface area contributed by atoms with E-state index in [1.54, 1.807) is 36.4 Å². The number of aryl methyl sites for hydroxylation is 1. The molecule has 0 saturated carbocycles. The molecular formula is C25H20FN3O3. The molecule has 0 saturated heterocycles. The number of hydrogen-bond donors (Lipinski definition) is 1. The number of benzene rings is 3. The van der Waals surface area contributed by atoms with E-state index >= 15 is 0 Å². The Kier molecular flexibility index (Phi) is 6.07. The number of nitrogens with one attached hydrogen (secondary N) is 1. The van der Waals surface area contributed by atoms with Crippen LogP contribution in [0.5, 0.6) is 5.88 Å². The van der Waals surface area contributed by atoms with Crippen molar-refractivity contribution in [3.63, 3.8) is 0 Å². The van der Waals surface area contributed by atoms with Gasteiger partial charge in [-0.15, -0.1) is 5.10 Å². The SMILES string of the molecule is Cc1cccc(NC(=O)c2ccc(-n3nc(OCc4cccc(F)c4)ccc3=O)cc2)c1. The minimum atomic E-state index is -0.351. The molecule has 3 aromatic carbocycles. The summed E-state index contributed by atoms with van der Waals surface area (Å²) < 4.78 is 20.1. The van der Waals surface area contributed by atoms with Gasteiger partial charge in [0.25, 0.3) is 11.5 Å². The Bertz CT molecular complexity index is 1320. The molecule has 1 aromatic heterocycles. The highest BCUT2D eigenvalue weighted by molar-refractivity contribution is 6.04. The Labute approximate surface area is 183 Å². The van der Waals surface area contributed by atoms with Crippen LogP contribution in [0.25, 0.3) is 5.69 Å². The number of hydrogen-bond acceptors (Lipinski definition) is 4. The maximum Gasteiger partial charge on any atom is 0.271 e. The van der Waals surface area contributed by atoms with Crippen molar-refractivity contribution in [1.82, 2.24) is 9.78 Å². The molecule has 0 unspecified atom stereocenters. The molecule has 0 fully saturated rings. The van der Waals surface area contributed by atoms with Crippen LogP contribution in [0.15, 0.2) is 89.7 Å². The summed E-state index contributed by atoms with van der Waals surface area (Å²) in [7, 11) is 0. The second-order valence-corrected chi connectivity index (χ2v) is 7.21. The highest BCUT2D eigenvalue weighted by Crippen LogP contribution is 2.14. The zero-order valence-corrected chi connectivity index (χ0v) is 17.3. The second-order valence-electron chi connectivity index (χ2n) is 7.21. The molecule has 0 aliphatic heterocycles. The zero-order valence-electron chi connectivity index (χ0n) is 17.3. The van der Waals surface area contributed by atoms with Gasteiger partial charge in [-0.1, -0.05) is 24.3 Å². The molecule has 1 N–H and O–H groups in total. The van der Waals surface area contributed by atoms with Gasteiger partial charge in [-0.2, -0.15) is 4.68 Å². The average molecular weight is 429 g/mol. The van der Waals surface area contributed by atoms with Crippen LogP contribution >= 0.6 is 0 Å². The maximum atomic E-state index is 13.3. The molecule has 4 aromatic rings. The normalized spacial score (nSPS) is 10.6. The van der Waals surface area contributed by atoms with Gasteiger partial charge in [-0.25, -0.2) is 4.39 Å². The molecule has 4 rings (SSSR count). The van der Waals surface area contributed by atoms with E-state index in [-0.39, 0.29) is 29.8 Å². The summed E-state index contributed by atoms with van der Waals surface area (Å²) >= 11 is 0. The summed E-state index contributed by atoms with van der Waals surface area (Å²) in [5.74, 6) is -0.389. The number of aromatic nitrogens is 2. The molecule has 32 heavy (non-hydrogen) atoms. The Balaban J connectivity index is 1.49. The van der Waals surface area contributed by atoms with E-state index in [1.165, 1.54) is 28.9 Å². The fraction of sp³-hybridized carbons (Fsp3) is 0.0800. The second kappa shape index (κ2) is 9.26. The van der Waals surface area contributed by atoms with E-state index in [4.69, 9.17) is 4.74 Å². The first-order valence-electron chi connectivity index (χ1n) is 9.94. The molecule has 0 aliphatic carbocycles. The number of anilines is 1. The Hall–Kier alpha value is -4.26. The Morgan fingerprint density at radius 2 is 1.78 bits per heavy atom. The zero-order chi connectivity index (χ0) is 22.5. The van der Waals surface area contributed by atoms with Crippen LogP contribution in [0.4, 0.5) is 10.1 Å².